The molecule has 0 radical (unpaired) electrons. The first-order valence-corrected chi connectivity index (χ1v) is 7.45. The fourth-order valence-corrected chi connectivity index (χ4v) is 2.76. The Hall–Kier alpha value is -1.89. The number of rotatable bonds is 3. The van der Waals surface area contributed by atoms with E-state index in [1.165, 1.54) is 28.0 Å². The predicted molar refractivity (Wildman–Crippen MR) is 87.1 cm³/mol. The highest BCUT2D eigenvalue weighted by molar-refractivity contribution is 6.06. The van der Waals surface area contributed by atoms with Gasteiger partial charge in [-0.3, -0.25) is 4.99 Å². The van der Waals surface area contributed by atoms with Crippen LogP contribution in [0, 0.1) is 12.8 Å². The van der Waals surface area contributed by atoms with E-state index in [1.54, 1.807) is 0 Å². The van der Waals surface area contributed by atoms with E-state index in [9.17, 15) is 0 Å². The molecular formula is C19H21N. The highest BCUT2D eigenvalue weighted by Crippen LogP contribution is 2.26. The van der Waals surface area contributed by atoms with Crippen molar-refractivity contribution in [3.63, 3.8) is 0 Å². The molecule has 3 rings (SSSR count). The fourth-order valence-electron chi connectivity index (χ4n) is 2.76. The number of hydrogen-bond acceptors (Lipinski definition) is 1. The Morgan fingerprint density at radius 3 is 2.65 bits per heavy atom. The van der Waals surface area contributed by atoms with E-state index in [0.29, 0.717) is 5.92 Å². The Morgan fingerprint density at radius 1 is 1.20 bits per heavy atom. The van der Waals surface area contributed by atoms with Crippen LogP contribution in [-0.4, -0.2) is 12.3 Å². The zero-order valence-corrected chi connectivity index (χ0v) is 12.3. The summed E-state index contributed by atoms with van der Waals surface area (Å²) >= 11 is 0. The van der Waals surface area contributed by atoms with Crippen molar-refractivity contribution in [3.8, 4) is 0 Å². The summed E-state index contributed by atoms with van der Waals surface area (Å²) in [5.41, 5.74) is 6.64. The van der Waals surface area contributed by atoms with E-state index in [-0.39, 0.29) is 0 Å². The molecule has 0 saturated heterocycles. The van der Waals surface area contributed by atoms with Crippen LogP contribution in [0.3, 0.4) is 0 Å². The molecule has 1 heteroatoms. The van der Waals surface area contributed by atoms with Crippen LogP contribution in [0.15, 0.2) is 59.1 Å². The lowest BCUT2D eigenvalue weighted by molar-refractivity contribution is 0.851. The monoisotopic (exact) mass is 263 g/mol. The third-order valence-corrected chi connectivity index (χ3v) is 4.14. The first kappa shape index (κ1) is 13.1. The van der Waals surface area contributed by atoms with Gasteiger partial charge >= 0.3 is 0 Å². The smallest absolute Gasteiger partial charge is 0.0649 e. The molecule has 0 aromatic heterocycles. The van der Waals surface area contributed by atoms with E-state index in [0.717, 1.165) is 19.4 Å². The SMILES string of the molecule is CCC1=CCC(C2=NCC(c3ccc(C)cc3)=C2)C=C1. The largest absolute Gasteiger partial charge is 0.284 e. The van der Waals surface area contributed by atoms with Gasteiger partial charge in [0.25, 0.3) is 0 Å². The topological polar surface area (TPSA) is 12.4 Å². The maximum absolute atomic E-state index is 4.73. The zero-order chi connectivity index (χ0) is 13.9. The molecule has 1 aliphatic carbocycles. The summed E-state index contributed by atoms with van der Waals surface area (Å²) < 4.78 is 0. The van der Waals surface area contributed by atoms with Gasteiger partial charge in [0.05, 0.1) is 6.54 Å². The van der Waals surface area contributed by atoms with E-state index in [2.05, 4.69) is 62.4 Å². The van der Waals surface area contributed by atoms with Gasteiger partial charge in [-0.05, 0) is 37.0 Å². The van der Waals surface area contributed by atoms with E-state index >= 15 is 0 Å². The minimum absolute atomic E-state index is 0.466. The molecule has 20 heavy (non-hydrogen) atoms. The molecule has 1 aromatic carbocycles. The average Bonchev–Trinajstić information content (AvgIpc) is 2.98. The summed E-state index contributed by atoms with van der Waals surface area (Å²) in [5.74, 6) is 0.466. The lowest BCUT2D eigenvalue weighted by Crippen LogP contribution is -2.10. The van der Waals surface area contributed by atoms with E-state index in [4.69, 9.17) is 4.99 Å². The molecule has 1 heterocycles. The van der Waals surface area contributed by atoms with Gasteiger partial charge in [0.1, 0.15) is 0 Å². The maximum Gasteiger partial charge on any atom is 0.0649 e. The van der Waals surface area contributed by atoms with Crippen molar-refractivity contribution in [1.29, 1.82) is 0 Å². The second-order valence-corrected chi connectivity index (χ2v) is 5.61. The van der Waals surface area contributed by atoms with Crippen LogP contribution >= 0.6 is 0 Å². The predicted octanol–water partition coefficient (Wildman–Crippen LogP) is 4.75. The standard InChI is InChI=1S/C19H21N/c1-3-15-6-10-17(11-7-15)19-12-18(13-20-19)16-8-4-14(2)5-9-16/h4-10,12,17H,3,11,13H2,1-2H3. The zero-order valence-electron chi connectivity index (χ0n) is 12.3. The molecule has 0 saturated carbocycles. The lowest BCUT2D eigenvalue weighted by Gasteiger charge is -2.14. The Labute approximate surface area is 121 Å². The summed E-state index contributed by atoms with van der Waals surface area (Å²) in [6.07, 6.45) is 11.4. The van der Waals surface area contributed by atoms with Crippen molar-refractivity contribution in [3.05, 3.63) is 65.3 Å². The molecule has 102 valence electrons. The van der Waals surface area contributed by atoms with Gasteiger partial charge in [0, 0.05) is 11.6 Å². The van der Waals surface area contributed by atoms with Crippen molar-refractivity contribution in [2.24, 2.45) is 10.9 Å². The highest BCUT2D eigenvalue weighted by Gasteiger charge is 2.18. The number of hydrogen-bond donors (Lipinski definition) is 0. The molecule has 2 aliphatic rings. The Balaban J connectivity index is 1.73. The van der Waals surface area contributed by atoms with Gasteiger partial charge in [-0.15, -0.1) is 0 Å². The molecule has 1 atom stereocenters. The molecule has 1 aliphatic heterocycles. The second kappa shape index (κ2) is 5.62. The van der Waals surface area contributed by atoms with Crippen LogP contribution in [0.4, 0.5) is 0 Å². The lowest BCUT2D eigenvalue weighted by atomic mass is 9.91. The number of aliphatic imine (C=N–C) groups is 1. The van der Waals surface area contributed by atoms with Gasteiger partial charge in [-0.1, -0.05) is 60.6 Å². The quantitative estimate of drug-likeness (QED) is 0.746. The van der Waals surface area contributed by atoms with E-state index in [1.807, 2.05) is 0 Å². The molecule has 1 unspecified atom stereocenters. The molecule has 0 N–H and O–H groups in total. The maximum atomic E-state index is 4.73. The minimum atomic E-state index is 0.466. The average molecular weight is 263 g/mol. The molecular weight excluding hydrogens is 242 g/mol. The molecule has 0 fully saturated rings. The summed E-state index contributed by atoms with van der Waals surface area (Å²) in [4.78, 5) is 4.73. The Kier molecular flexibility index (Phi) is 3.68. The number of aryl methyl sites for hydroxylation is 1. The van der Waals surface area contributed by atoms with Crippen molar-refractivity contribution >= 4 is 11.3 Å². The molecule has 1 aromatic rings. The van der Waals surface area contributed by atoms with Crippen LogP contribution in [0.1, 0.15) is 30.9 Å². The minimum Gasteiger partial charge on any atom is -0.284 e. The van der Waals surface area contributed by atoms with Crippen LogP contribution in [-0.2, 0) is 0 Å². The molecule has 1 nitrogen and oxygen atoms in total. The van der Waals surface area contributed by atoms with Gasteiger partial charge in [-0.25, -0.2) is 0 Å². The molecule has 0 amide bonds. The normalized spacial score (nSPS) is 21.5. The number of benzene rings is 1. The second-order valence-electron chi connectivity index (χ2n) is 5.61. The number of allylic oxidation sites excluding steroid dienone is 5. The Bertz CT molecular complexity index is 612. The van der Waals surface area contributed by atoms with Crippen molar-refractivity contribution in [2.45, 2.75) is 26.7 Å². The van der Waals surface area contributed by atoms with Crippen molar-refractivity contribution in [2.75, 3.05) is 6.54 Å². The van der Waals surface area contributed by atoms with Crippen LogP contribution < -0.4 is 0 Å². The van der Waals surface area contributed by atoms with Crippen LogP contribution in [0.2, 0.25) is 0 Å². The highest BCUT2D eigenvalue weighted by atomic mass is 14.8. The first-order chi connectivity index (χ1) is 9.76. The van der Waals surface area contributed by atoms with Gasteiger partial charge in [0.2, 0.25) is 0 Å². The first-order valence-electron chi connectivity index (χ1n) is 7.45. The van der Waals surface area contributed by atoms with Gasteiger partial charge in [-0.2, -0.15) is 0 Å². The van der Waals surface area contributed by atoms with E-state index < -0.39 is 0 Å². The van der Waals surface area contributed by atoms with Gasteiger partial charge < -0.3 is 0 Å². The summed E-state index contributed by atoms with van der Waals surface area (Å²) in [5, 5.41) is 0. The summed E-state index contributed by atoms with van der Waals surface area (Å²) in [7, 11) is 0. The van der Waals surface area contributed by atoms with Crippen LogP contribution in [0.25, 0.3) is 5.57 Å². The molecule has 0 spiro atoms. The summed E-state index contributed by atoms with van der Waals surface area (Å²) in [6.45, 7) is 5.16. The van der Waals surface area contributed by atoms with Gasteiger partial charge in [0.15, 0.2) is 0 Å². The fraction of sp³-hybridized carbons (Fsp3) is 0.316. The van der Waals surface area contributed by atoms with Crippen LogP contribution in [0.5, 0.6) is 0 Å². The Morgan fingerprint density at radius 2 is 2.00 bits per heavy atom. The third-order valence-electron chi connectivity index (χ3n) is 4.14. The third kappa shape index (κ3) is 2.67. The molecule has 0 bridgehead atoms. The number of nitrogens with zero attached hydrogens (tertiary/aromatic N) is 1. The van der Waals surface area contributed by atoms with Crippen molar-refractivity contribution in [1.82, 2.24) is 0 Å². The summed E-state index contributed by atoms with van der Waals surface area (Å²) in [6, 6.07) is 8.74. The van der Waals surface area contributed by atoms with Crippen molar-refractivity contribution < 1.29 is 0 Å².